The number of aromatic nitrogens is 3. The molecular weight excluding hydrogens is 244 g/mol. The molecule has 2 aromatic rings. The Bertz CT molecular complexity index is 543. The standard InChI is InChI=1S/C13H18N4S/c1-9-5-6-11(18-9)8-14-10(2)13-16-15-12-4-3-7-17(12)13/h5-6,10,14H,3-4,7-8H2,1-2H3. The lowest BCUT2D eigenvalue weighted by atomic mass is 10.3. The fraction of sp³-hybridized carbons (Fsp3) is 0.538. The van der Waals surface area contributed by atoms with E-state index in [-0.39, 0.29) is 6.04 Å². The van der Waals surface area contributed by atoms with Crippen LogP contribution in [0.4, 0.5) is 0 Å². The van der Waals surface area contributed by atoms with Gasteiger partial charge in [-0.2, -0.15) is 0 Å². The minimum absolute atomic E-state index is 0.256. The minimum Gasteiger partial charge on any atom is -0.314 e. The predicted molar refractivity (Wildman–Crippen MR) is 72.7 cm³/mol. The molecule has 0 radical (unpaired) electrons. The van der Waals surface area contributed by atoms with Crippen LogP contribution in [0.1, 0.15) is 40.8 Å². The molecule has 0 amide bonds. The maximum atomic E-state index is 4.31. The average Bonchev–Trinajstić information content (AvgIpc) is 3.01. The molecule has 1 aliphatic rings. The van der Waals surface area contributed by atoms with Crippen LogP contribution < -0.4 is 5.32 Å². The van der Waals surface area contributed by atoms with E-state index in [9.17, 15) is 0 Å². The Morgan fingerprint density at radius 1 is 1.44 bits per heavy atom. The second-order valence-electron chi connectivity index (χ2n) is 4.84. The number of hydrogen-bond donors (Lipinski definition) is 1. The van der Waals surface area contributed by atoms with E-state index in [4.69, 9.17) is 0 Å². The van der Waals surface area contributed by atoms with Crippen LogP contribution in [0.15, 0.2) is 12.1 Å². The second kappa shape index (κ2) is 4.82. The van der Waals surface area contributed by atoms with Crippen molar-refractivity contribution in [2.24, 2.45) is 0 Å². The third-order valence-electron chi connectivity index (χ3n) is 3.40. The van der Waals surface area contributed by atoms with Crippen molar-refractivity contribution in [1.82, 2.24) is 20.1 Å². The van der Waals surface area contributed by atoms with E-state index >= 15 is 0 Å². The highest BCUT2D eigenvalue weighted by molar-refractivity contribution is 7.11. The maximum absolute atomic E-state index is 4.31. The molecule has 0 saturated heterocycles. The lowest BCUT2D eigenvalue weighted by Gasteiger charge is -2.13. The fourth-order valence-corrected chi connectivity index (χ4v) is 3.26. The molecule has 1 aliphatic heterocycles. The van der Waals surface area contributed by atoms with Crippen molar-refractivity contribution < 1.29 is 0 Å². The van der Waals surface area contributed by atoms with Gasteiger partial charge in [0.2, 0.25) is 0 Å². The summed E-state index contributed by atoms with van der Waals surface area (Å²) in [5, 5.41) is 12.1. The molecular formula is C13H18N4S. The van der Waals surface area contributed by atoms with Gasteiger partial charge in [0.25, 0.3) is 0 Å². The van der Waals surface area contributed by atoms with Gasteiger partial charge in [-0.25, -0.2) is 0 Å². The van der Waals surface area contributed by atoms with E-state index in [1.165, 1.54) is 16.2 Å². The Labute approximate surface area is 111 Å². The van der Waals surface area contributed by atoms with Crippen LogP contribution in [0.25, 0.3) is 0 Å². The summed E-state index contributed by atoms with van der Waals surface area (Å²) in [5.41, 5.74) is 0. The van der Waals surface area contributed by atoms with Crippen molar-refractivity contribution in [3.8, 4) is 0 Å². The monoisotopic (exact) mass is 262 g/mol. The number of rotatable bonds is 4. The van der Waals surface area contributed by atoms with Crippen molar-refractivity contribution in [2.45, 2.75) is 45.8 Å². The van der Waals surface area contributed by atoms with Gasteiger partial charge in [0, 0.05) is 29.3 Å². The summed E-state index contributed by atoms with van der Waals surface area (Å²) in [6.07, 6.45) is 2.28. The van der Waals surface area contributed by atoms with Gasteiger partial charge in [0.1, 0.15) is 11.6 Å². The summed E-state index contributed by atoms with van der Waals surface area (Å²) < 4.78 is 2.26. The molecule has 96 valence electrons. The zero-order valence-corrected chi connectivity index (χ0v) is 11.6. The fourth-order valence-electron chi connectivity index (χ4n) is 2.42. The number of nitrogens with zero attached hydrogens (tertiary/aromatic N) is 3. The SMILES string of the molecule is Cc1ccc(CNC(C)c2nnc3n2CCC3)s1. The van der Waals surface area contributed by atoms with Gasteiger partial charge < -0.3 is 9.88 Å². The third kappa shape index (κ3) is 2.20. The second-order valence-corrected chi connectivity index (χ2v) is 6.22. The van der Waals surface area contributed by atoms with Crippen molar-refractivity contribution in [3.63, 3.8) is 0 Å². The van der Waals surface area contributed by atoms with Gasteiger partial charge >= 0.3 is 0 Å². The van der Waals surface area contributed by atoms with E-state index in [0.717, 1.165) is 31.2 Å². The first kappa shape index (κ1) is 11.9. The highest BCUT2D eigenvalue weighted by atomic mass is 32.1. The lowest BCUT2D eigenvalue weighted by molar-refractivity contribution is 0.518. The van der Waals surface area contributed by atoms with E-state index in [1.54, 1.807) is 0 Å². The highest BCUT2D eigenvalue weighted by Gasteiger charge is 2.20. The van der Waals surface area contributed by atoms with E-state index in [1.807, 2.05) is 11.3 Å². The Morgan fingerprint density at radius 3 is 3.11 bits per heavy atom. The molecule has 0 saturated carbocycles. The zero-order chi connectivity index (χ0) is 12.5. The number of nitrogens with one attached hydrogen (secondary N) is 1. The van der Waals surface area contributed by atoms with Gasteiger partial charge in [0.15, 0.2) is 0 Å². The molecule has 0 aliphatic carbocycles. The van der Waals surface area contributed by atoms with Gasteiger partial charge in [-0.15, -0.1) is 21.5 Å². The van der Waals surface area contributed by atoms with Crippen LogP contribution in [0, 0.1) is 6.92 Å². The molecule has 1 unspecified atom stereocenters. The van der Waals surface area contributed by atoms with Crippen LogP contribution in [-0.2, 0) is 19.5 Å². The van der Waals surface area contributed by atoms with Gasteiger partial charge in [0.05, 0.1) is 6.04 Å². The average molecular weight is 262 g/mol. The topological polar surface area (TPSA) is 42.7 Å². The first-order chi connectivity index (χ1) is 8.74. The van der Waals surface area contributed by atoms with Crippen molar-refractivity contribution in [1.29, 1.82) is 0 Å². The Kier molecular flexibility index (Phi) is 3.18. The van der Waals surface area contributed by atoms with Crippen LogP contribution in [0.5, 0.6) is 0 Å². The summed E-state index contributed by atoms with van der Waals surface area (Å²) in [5.74, 6) is 2.22. The summed E-state index contributed by atoms with van der Waals surface area (Å²) in [6, 6.07) is 4.61. The molecule has 0 fully saturated rings. The first-order valence-corrected chi connectivity index (χ1v) is 7.26. The number of thiophene rings is 1. The Morgan fingerprint density at radius 2 is 2.33 bits per heavy atom. The Hall–Kier alpha value is -1.20. The normalized spacial score (nSPS) is 15.9. The van der Waals surface area contributed by atoms with E-state index in [2.05, 4.69) is 46.1 Å². The molecule has 18 heavy (non-hydrogen) atoms. The molecule has 0 bridgehead atoms. The number of aryl methyl sites for hydroxylation is 2. The number of hydrogen-bond acceptors (Lipinski definition) is 4. The smallest absolute Gasteiger partial charge is 0.149 e. The number of fused-ring (bicyclic) bond motifs is 1. The van der Waals surface area contributed by atoms with Crippen LogP contribution in [0.2, 0.25) is 0 Å². The highest BCUT2D eigenvalue weighted by Crippen LogP contribution is 2.20. The molecule has 1 N–H and O–H groups in total. The van der Waals surface area contributed by atoms with Crippen molar-refractivity contribution in [3.05, 3.63) is 33.5 Å². The predicted octanol–water partition coefficient (Wildman–Crippen LogP) is 2.45. The molecule has 3 heterocycles. The van der Waals surface area contributed by atoms with Gasteiger partial charge in [-0.1, -0.05) is 0 Å². The quantitative estimate of drug-likeness (QED) is 0.920. The minimum atomic E-state index is 0.256. The summed E-state index contributed by atoms with van der Waals surface area (Å²) >= 11 is 1.85. The summed E-state index contributed by atoms with van der Waals surface area (Å²) in [6.45, 7) is 6.28. The molecule has 5 heteroatoms. The first-order valence-electron chi connectivity index (χ1n) is 6.44. The summed E-state index contributed by atoms with van der Waals surface area (Å²) in [4.78, 5) is 2.74. The maximum Gasteiger partial charge on any atom is 0.149 e. The van der Waals surface area contributed by atoms with E-state index in [0.29, 0.717) is 0 Å². The van der Waals surface area contributed by atoms with Crippen LogP contribution in [0.3, 0.4) is 0 Å². The van der Waals surface area contributed by atoms with Crippen molar-refractivity contribution in [2.75, 3.05) is 0 Å². The molecule has 1 atom stereocenters. The zero-order valence-electron chi connectivity index (χ0n) is 10.8. The molecule has 2 aromatic heterocycles. The van der Waals surface area contributed by atoms with Crippen LogP contribution >= 0.6 is 11.3 Å². The van der Waals surface area contributed by atoms with Gasteiger partial charge in [-0.05, 0) is 32.4 Å². The Balaban J connectivity index is 1.66. The molecule has 0 spiro atoms. The van der Waals surface area contributed by atoms with Crippen molar-refractivity contribution >= 4 is 11.3 Å². The molecule has 4 nitrogen and oxygen atoms in total. The van der Waals surface area contributed by atoms with Crippen LogP contribution in [-0.4, -0.2) is 14.8 Å². The largest absolute Gasteiger partial charge is 0.314 e. The molecule has 3 rings (SSSR count). The lowest BCUT2D eigenvalue weighted by Crippen LogP contribution is -2.21. The summed E-state index contributed by atoms with van der Waals surface area (Å²) in [7, 11) is 0. The third-order valence-corrected chi connectivity index (χ3v) is 4.40. The van der Waals surface area contributed by atoms with E-state index < -0.39 is 0 Å². The van der Waals surface area contributed by atoms with Gasteiger partial charge in [-0.3, -0.25) is 0 Å². The molecule has 0 aromatic carbocycles.